The van der Waals surface area contributed by atoms with Crippen LogP contribution in [-0.4, -0.2) is 8.42 Å². The molecule has 0 saturated heterocycles. The van der Waals surface area contributed by atoms with Gasteiger partial charge in [0, 0.05) is 22.8 Å². The Bertz CT molecular complexity index is 758. The monoisotopic (exact) mass is 376 g/mol. The number of nitrogen functional groups attached to an aromatic ring is 1. The number of anilines is 1. The van der Waals surface area contributed by atoms with E-state index in [4.69, 9.17) is 5.73 Å². The van der Waals surface area contributed by atoms with Crippen molar-refractivity contribution in [3.8, 4) is 0 Å². The van der Waals surface area contributed by atoms with Crippen molar-refractivity contribution in [3.05, 3.63) is 58.1 Å². The normalized spacial score (nSPS) is 11.6. The quantitative estimate of drug-likeness (QED) is 0.805. The average Bonchev–Trinajstić information content (AvgIpc) is 2.35. The molecule has 2 rings (SSSR count). The molecule has 0 saturated carbocycles. The van der Waals surface area contributed by atoms with Crippen LogP contribution in [0.3, 0.4) is 0 Å². The molecule has 3 N–H and O–H groups in total. The van der Waals surface area contributed by atoms with Crippen LogP contribution < -0.4 is 10.5 Å². The van der Waals surface area contributed by atoms with E-state index in [-0.39, 0.29) is 11.0 Å². The predicted molar refractivity (Wildman–Crippen MR) is 78.9 cm³/mol. The minimum atomic E-state index is -4.13. The summed E-state index contributed by atoms with van der Waals surface area (Å²) in [7, 11) is -4.13. The first-order valence-corrected chi connectivity index (χ1v) is 8.06. The number of nitrogens with two attached hydrogens (primary N) is 1. The summed E-state index contributed by atoms with van der Waals surface area (Å²) < 4.78 is 53.0. The average molecular weight is 377 g/mol. The summed E-state index contributed by atoms with van der Waals surface area (Å²) in [6.07, 6.45) is 0. The van der Waals surface area contributed by atoms with Crippen molar-refractivity contribution in [1.29, 1.82) is 0 Å². The number of benzene rings is 2. The maximum absolute atomic E-state index is 13.7. The number of hydrogen-bond acceptors (Lipinski definition) is 3. The lowest BCUT2D eigenvalue weighted by atomic mass is 10.2. The molecule has 0 amide bonds. The lowest BCUT2D eigenvalue weighted by molar-refractivity contribution is 0.540. The predicted octanol–water partition coefficient (Wildman–Crippen LogP) is 2.79. The highest BCUT2D eigenvalue weighted by Gasteiger charge is 2.23. The minimum absolute atomic E-state index is 0.0589. The van der Waals surface area contributed by atoms with Crippen molar-refractivity contribution < 1.29 is 17.2 Å². The van der Waals surface area contributed by atoms with Gasteiger partial charge < -0.3 is 5.73 Å². The number of nitrogens with one attached hydrogen (secondary N) is 1. The summed E-state index contributed by atoms with van der Waals surface area (Å²) in [5.74, 6) is -2.03. The van der Waals surface area contributed by atoms with Gasteiger partial charge in [-0.05, 0) is 39.7 Å². The second kappa shape index (κ2) is 6.08. The molecule has 0 heterocycles. The molecule has 0 bridgehead atoms. The van der Waals surface area contributed by atoms with E-state index in [9.17, 15) is 17.2 Å². The van der Waals surface area contributed by atoms with Crippen molar-refractivity contribution in [2.75, 3.05) is 5.73 Å². The maximum Gasteiger partial charge on any atom is 0.244 e. The number of halogens is 3. The van der Waals surface area contributed by atoms with Crippen molar-refractivity contribution in [1.82, 2.24) is 4.72 Å². The largest absolute Gasteiger partial charge is 0.399 e. The molecule has 0 fully saturated rings. The Morgan fingerprint density at radius 3 is 2.52 bits per heavy atom. The lowest BCUT2D eigenvalue weighted by Crippen LogP contribution is -2.24. The first-order chi connectivity index (χ1) is 9.79. The summed E-state index contributed by atoms with van der Waals surface area (Å²) in [5, 5.41) is 0. The molecule has 2 aromatic carbocycles. The van der Waals surface area contributed by atoms with E-state index < -0.39 is 26.6 Å². The molecular weight excluding hydrogens is 366 g/mol. The molecular formula is C13H11BrF2N2O2S. The standard InChI is InChI=1S/C13H11BrF2N2O2S/c14-11-5-9(15)6-12(16)13(11)21(19,20)18-7-8-2-1-3-10(17)4-8/h1-6,18H,7,17H2. The van der Waals surface area contributed by atoms with E-state index in [1.807, 2.05) is 0 Å². The molecule has 2 aromatic rings. The van der Waals surface area contributed by atoms with E-state index >= 15 is 0 Å². The van der Waals surface area contributed by atoms with Crippen LogP contribution >= 0.6 is 15.9 Å². The van der Waals surface area contributed by atoms with Gasteiger partial charge in [-0.3, -0.25) is 0 Å². The van der Waals surface area contributed by atoms with Gasteiger partial charge in [0.05, 0.1) is 0 Å². The number of hydrogen-bond donors (Lipinski definition) is 2. The van der Waals surface area contributed by atoms with E-state index in [1.54, 1.807) is 24.3 Å². The van der Waals surface area contributed by atoms with Crippen LogP contribution in [0, 0.1) is 11.6 Å². The van der Waals surface area contributed by atoms with Gasteiger partial charge in [0.1, 0.15) is 16.5 Å². The highest BCUT2D eigenvalue weighted by Crippen LogP contribution is 2.26. The van der Waals surface area contributed by atoms with Gasteiger partial charge in [-0.2, -0.15) is 0 Å². The molecule has 8 heteroatoms. The molecule has 21 heavy (non-hydrogen) atoms. The summed E-state index contributed by atoms with van der Waals surface area (Å²) in [4.78, 5) is -0.632. The topological polar surface area (TPSA) is 72.2 Å². The Labute approximate surface area is 129 Å². The Morgan fingerprint density at radius 1 is 1.19 bits per heavy atom. The molecule has 0 unspecified atom stereocenters. The summed E-state index contributed by atoms with van der Waals surface area (Å²) in [6.45, 7) is -0.0589. The fraction of sp³-hybridized carbons (Fsp3) is 0.0769. The highest BCUT2D eigenvalue weighted by molar-refractivity contribution is 9.10. The molecule has 112 valence electrons. The fourth-order valence-corrected chi connectivity index (χ4v) is 3.92. The summed E-state index contributed by atoms with van der Waals surface area (Å²) in [5.41, 5.74) is 6.70. The molecule has 0 aliphatic rings. The molecule has 0 atom stereocenters. The molecule has 4 nitrogen and oxygen atoms in total. The van der Waals surface area contributed by atoms with Crippen LogP contribution in [0.4, 0.5) is 14.5 Å². The van der Waals surface area contributed by atoms with Crippen LogP contribution in [0.1, 0.15) is 5.56 Å². The molecule has 0 aliphatic heterocycles. The van der Waals surface area contributed by atoms with Gasteiger partial charge in [-0.1, -0.05) is 12.1 Å². The first kappa shape index (κ1) is 15.9. The molecule has 0 aliphatic carbocycles. The first-order valence-electron chi connectivity index (χ1n) is 5.78. The van der Waals surface area contributed by atoms with Crippen molar-refractivity contribution in [3.63, 3.8) is 0 Å². The summed E-state index contributed by atoms with van der Waals surface area (Å²) >= 11 is 2.85. The van der Waals surface area contributed by atoms with Gasteiger partial charge in [-0.25, -0.2) is 21.9 Å². The van der Waals surface area contributed by atoms with Gasteiger partial charge in [-0.15, -0.1) is 0 Å². The Hall–Kier alpha value is -1.51. The maximum atomic E-state index is 13.7. The third-order valence-corrected chi connectivity index (χ3v) is 5.01. The van der Waals surface area contributed by atoms with Crippen LogP contribution in [0.15, 0.2) is 45.8 Å². The highest BCUT2D eigenvalue weighted by atomic mass is 79.9. The van der Waals surface area contributed by atoms with Crippen molar-refractivity contribution >= 4 is 31.6 Å². The van der Waals surface area contributed by atoms with Gasteiger partial charge in [0.15, 0.2) is 0 Å². The van der Waals surface area contributed by atoms with Gasteiger partial charge in [0.25, 0.3) is 0 Å². The third-order valence-electron chi connectivity index (χ3n) is 2.65. The Morgan fingerprint density at radius 2 is 1.90 bits per heavy atom. The van der Waals surface area contributed by atoms with Crippen LogP contribution in [0.25, 0.3) is 0 Å². The van der Waals surface area contributed by atoms with Crippen LogP contribution in [0.5, 0.6) is 0 Å². The molecule has 0 radical (unpaired) electrons. The van der Waals surface area contributed by atoms with E-state index in [0.717, 1.165) is 6.07 Å². The SMILES string of the molecule is Nc1cccc(CNS(=O)(=O)c2c(F)cc(F)cc2Br)c1. The Balaban J connectivity index is 2.27. The Kier molecular flexibility index (Phi) is 4.60. The second-order valence-electron chi connectivity index (χ2n) is 4.27. The number of rotatable bonds is 4. The van der Waals surface area contributed by atoms with E-state index in [0.29, 0.717) is 17.3 Å². The van der Waals surface area contributed by atoms with E-state index in [2.05, 4.69) is 20.7 Å². The second-order valence-corrected chi connectivity index (χ2v) is 6.83. The smallest absolute Gasteiger partial charge is 0.244 e. The minimum Gasteiger partial charge on any atom is -0.399 e. The van der Waals surface area contributed by atoms with Crippen LogP contribution in [-0.2, 0) is 16.6 Å². The van der Waals surface area contributed by atoms with Crippen molar-refractivity contribution in [2.24, 2.45) is 0 Å². The fourth-order valence-electron chi connectivity index (χ4n) is 1.74. The molecule has 0 spiro atoms. The summed E-state index contributed by atoms with van der Waals surface area (Å²) in [6, 6.07) is 8.01. The van der Waals surface area contributed by atoms with Crippen LogP contribution in [0.2, 0.25) is 0 Å². The molecule has 0 aromatic heterocycles. The third kappa shape index (κ3) is 3.78. The zero-order valence-electron chi connectivity index (χ0n) is 10.6. The van der Waals surface area contributed by atoms with E-state index in [1.165, 1.54) is 0 Å². The zero-order valence-corrected chi connectivity index (χ0v) is 13.0. The zero-order chi connectivity index (χ0) is 15.6. The lowest BCUT2D eigenvalue weighted by Gasteiger charge is -2.10. The van der Waals surface area contributed by atoms with Gasteiger partial charge >= 0.3 is 0 Å². The number of sulfonamides is 1. The van der Waals surface area contributed by atoms with Gasteiger partial charge in [0.2, 0.25) is 10.0 Å². The van der Waals surface area contributed by atoms with Crippen molar-refractivity contribution in [2.45, 2.75) is 11.4 Å².